The van der Waals surface area contributed by atoms with Crippen molar-refractivity contribution in [3.05, 3.63) is 82.4 Å². The summed E-state index contributed by atoms with van der Waals surface area (Å²) in [5.41, 5.74) is 9.30. The van der Waals surface area contributed by atoms with Crippen molar-refractivity contribution in [2.24, 2.45) is 5.92 Å². The van der Waals surface area contributed by atoms with Crippen molar-refractivity contribution in [3.8, 4) is 0 Å². The van der Waals surface area contributed by atoms with Crippen LogP contribution in [0.15, 0.2) is 49.1 Å². The fourth-order valence-corrected chi connectivity index (χ4v) is 4.14. The Labute approximate surface area is 175 Å². The first-order chi connectivity index (χ1) is 13.7. The number of ether oxygens (including phenoxy) is 1. The van der Waals surface area contributed by atoms with Crippen LogP contribution in [-0.2, 0) is 10.2 Å². The molecule has 0 saturated heterocycles. The van der Waals surface area contributed by atoms with Crippen molar-refractivity contribution < 1.29 is 9.53 Å². The van der Waals surface area contributed by atoms with Crippen LogP contribution in [0.1, 0.15) is 79.2 Å². The standard InChI is InChI=1S/C27H32O2/c1-8-29-26(28)21-11-9-20(10-12-21)19(5)23-16-24-22(17(2)3)13-14-27(6,7)25(24)15-18(23)4/h9-13,15-17H,5,8,14H2,1-4,6-7H3. The monoisotopic (exact) mass is 388 g/mol. The molecule has 3 rings (SSSR count). The van der Waals surface area contributed by atoms with Crippen molar-refractivity contribution in [1.82, 2.24) is 0 Å². The van der Waals surface area contributed by atoms with E-state index in [1.165, 1.54) is 22.3 Å². The van der Waals surface area contributed by atoms with E-state index in [0.29, 0.717) is 18.1 Å². The first-order valence-electron chi connectivity index (χ1n) is 10.5. The highest BCUT2D eigenvalue weighted by Crippen LogP contribution is 2.43. The molecule has 2 nitrogen and oxygen atoms in total. The highest BCUT2D eigenvalue weighted by Gasteiger charge is 2.30. The fraction of sp³-hybridized carbons (Fsp3) is 0.370. The van der Waals surface area contributed by atoms with Crippen molar-refractivity contribution in [1.29, 1.82) is 0 Å². The van der Waals surface area contributed by atoms with Crippen molar-refractivity contribution in [2.45, 2.75) is 53.4 Å². The quantitative estimate of drug-likeness (QED) is 0.518. The van der Waals surface area contributed by atoms with Crippen LogP contribution in [0.5, 0.6) is 0 Å². The Morgan fingerprint density at radius 2 is 1.76 bits per heavy atom. The Morgan fingerprint density at radius 3 is 2.34 bits per heavy atom. The van der Waals surface area contributed by atoms with Gasteiger partial charge in [0.05, 0.1) is 12.2 Å². The number of carbonyl (C=O) groups excluding carboxylic acids is 1. The Hall–Kier alpha value is -2.61. The number of aryl methyl sites for hydroxylation is 1. The summed E-state index contributed by atoms with van der Waals surface area (Å²) in [6, 6.07) is 12.2. The van der Waals surface area contributed by atoms with Gasteiger partial charge < -0.3 is 4.74 Å². The van der Waals surface area contributed by atoms with E-state index < -0.39 is 0 Å². The molecule has 0 spiro atoms. The maximum atomic E-state index is 11.9. The molecule has 0 N–H and O–H groups in total. The summed E-state index contributed by atoms with van der Waals surface area (Å²) in [4.78, 5) is 11.9. The second-order valence-corrected chi connectivity index (χ2v) is 8.89. The maximum Gasteiger partial charge on any atom is 0.338 e. The summed E-state index contributed by atoms with van der Waals surface area (Å²) in [6.45, 7) is 17.9. The summed E-state index contributed by atoms with van der Waals surface area (Å²) >= 11 is 0. The molecule has 0 heterocycles. The molecule has 0 saturated carbocycles. The Kier molecular flexibility index (Phi) is 5.84. The van der Waals surface area contributed by atoms with Crippen LogP contribution in [0.4, 0.5) is 0 Å². The second kappa shape index (κ2) is 8.02. The highest BCUT2D eigenvalue weighted by molar-refractivity contribution is 5.90. The molecule has 2 heteroatoms. The highest BCUT2D eigenvalue weighted by atomic mass is 16.5. The van der Waals surface area contributed by atoms with Crippen molar-refractivity contribution in [2.75, 3.05) is 6.61 Å². The van der Waals surface area contributed by atoms with E-state index in [4.69, 9.17) is 4.74 Å². The van der Waals surface area contributed by atoms with Crippen molar-refractivity contribution in [3.63, 3.8) is 0 Å². The number of rotatable bonds is 5. The average Bonchev–Trinajstić information content (AvgIpc) is 2.67. The lowest BCUT2D eigenvalue weighted by atomic mass is 9.70. The first kappa shape index (κ1) is 21.1. The van der Waals surface area contributed by atoms with Crippen LogP contribution in [0.25, 0.3) is 11.1 Å². The third-order valence-electron chi connectivity index (χ3n) is 5.93. The molecule has 0 amide bonds. The van der Waals surface area contributed by atoms with Crippen molar-refractivity contribution >= 4 is 17.1 Å². The van der Waals surface area contributed by atoms with Gasteiger partial charge in [-0.25, -0.2) is 4.79 Å². The molecule has 1 aliphatic rings. The van der Waals surface area contributed by atoms with E-state index in [1.54, 1.807) is 0 Å². The van der Waals surface area contributed by atoms with Crippen LogP contribution in [0.3, 0.4) is 0 Å². The van der Waals surface area contributed by atoms with Gasteiger partial charge in [0.25, 0.3) is 0 Å². The van der Waals surface area contributed by atoms with Gasteiger partial charge >= 0.3 is 5.97 Å². The number of benzene rings is 2. The van der Waals surface area contributed by atoms with Gasteiger partial charge in [0.15, 0.2) is 0 Å². The Balaban J connectivity index is 2.02. The number of carbonyl (C=O) groups is 1. The Bertz CT molecular complexity index is 972. The van der Waals surface area contributed by atoms with Gasteiger partial charge in [-0.15, -0.1) is 0 Å². The smallest absolute Gasteiger partial charge is 0.338 e. The predicted molar refractivity (Wildman–Crippen MR) is 122 cm³/mol. The minimum Gasteiger partial charge on any atom is -0.462 e. The lowest BCUT2D eigenvalue weighted by molar-refractivity contribution is 0.0526. The van der Waals surface area contributed by atoms with Gasteiger partial charge in [-0.3, -0.25) is 0 Å². The van der Waals surface area contributed by atoms with Crippen LogP contribution in [0, 0.1) is 12.8 Å². The lowest BCUT2D eigenvalue weighted by Gasteiger charge is -2.34. The largest absolute Gasteiger partial charge is 0.462 e. The molecule has 0 fully saturated rings. The Morgan fingerprint density at radius 1 is 1.14 bits per heavy atom. The van der Waals surface area contributed by atoms with Gasteiger partial charge in [-0.05, 0) is 88.8 Å². The third-order valence-corrected chi connectivity index (χ3v) is 5.93. The molecule has 0 radical (unpaired) electrons. The predicted octanol–water partition coefficient (Wildman–Crippen LogP) is 6.95. The van der Waals surface area contributed by atoms with E-state index in [-0.39, 0.29) is 11.4 Å². The zero-order valence-electron chi connectivity index (χ0n) is 18.6. The molecular formula is C27H32O2. The molecule has 0 aliphatic heterocycles. The number of esters is 1. The SMILES string of the molecule is C=C(c1ccc(C(=O)OCC)cc1)c1cc2c(cc1C)C(C)(C)CC=C2C(C)C. The summed E-state index contributed by atoms with van der Waals surface area (Å²) in [6.07, 6.45) is 3.48. The van der Waals surface area contributed by atoms with Gasteiger partial charge in [0, 0.05) is 0 Å². The minimum atomic E-state index is -0.288. The topological polar surface area (TPSA) is 26.3 Å². The van der Waals surface area contributed by atoms with E-state index >= 15 is 0 Å². The normalized spacial score (nSPS) is 14.9. The zero-order chi connectivity index (χ0) is 21.3. The summed E-state index contributed by atoms with van der Waals surface area (Å²) < 4.78 is 5.08. The van der Waals surface area contributed by atoms with E-state index in [9.17, 15) is 4.79 Å². The summed E-state index contributed by atoms with van der Waals surface area (Å²) in [5, 5.41) is 0. The molecule has 152 valence electrons. The van der Waals surface area contributed by atoms with Crippen LogP contribution >= 0.6 is 0 Å². The van der Waals surface area contributed by atoms with Gasteiger partial charge in [0.2, 0.25) is 0 Å². The van der Waals surface area contributed by atoms with E-state index in [2.05, 4.69) is 59.4 Å². The molecule has 0 unspecified atom stereocenters. The van der Waals surface area contributed by atoms with Gasteiger partial charge in [-0.1, -0.05) is 58.5 Å². The molecule has 2 aromatic carbocycles. The zero-order valence-corrected chi connectivity index (χ0v) is 18.6. The number of fused-ring (bicyclic) bond motifs is 1. The molecule has 2 aromatic rings. The van der Waals surface area contributed by atoms with E-state index in [0.717, 1.165) is 23.1 Å². The van der Waals surface area contributed by atoms with E-state index in [1.807, 2.05) is 31.2 Å². The number of allylic oxidation sites excluding steroid dienone is 2. The van der Waals surface area contributed by atoms with Crippen LogP contribution < -0.4 is 0 Å². The van der Waals surface area contributed by atoms with Gasteiger partial charge in [0.1, 0.15) is 0 Å². The first-order valence-corrected chi connectivity index (χ1v) is 10.5. The second-order valence-electron chi connectivity index (χ2n) is 8.89. The molecule has 1 aliphatic carbocycles. The van der Waals surface area contributed by atoms with Crippen LogP contribution in [0.2, 0.25) is 0 Å². The summed E-state index contributed by atoms with van der Waals surface area (Å²) in [5.74, 6) is 0.195. The maximum absolute atomic E-state index is 11.9. The third kappa shape index (κ3) is 4.07. The number of hydrogen-bond donors (Lipinski definition) is 0. The minimum absolute atomic E-state index is 0.139. The molecule has 29 heavy (non-hydrogen) atoms. The number of hydrogen-bond acceptors (Lipinski definition) is 2. The lowest BCUT2D eigenvalue weighted by Crippen LogP contribution is -2.23. The summed E-state index contributed by atoms with van der Waals surface area (Å²) in [7, 11) is 0. The molecule has 0 bridgehead atoms. The van der Waals surface area contributed by atoms with Crippen LogP contribution in [-0.4, -0.2) is 12.6 Å². The molecular weight excluding hydrogens is 356 g/mol. The molecule has 0 atom stereocenters. The fourth-order valence-electron chi connectivity index (χ4n) is 4.14. The average molecular weight is 389 g/mol. The van der Waals surface area contributed by atoms with Gasteiger partial charge in [-0.2, -0.15) is 0 Å². The molecule has 0 aromatic heterocycles.